The molecule has 0 unspecified atom stereocenters. The summed E-state index contributed by atoms with van der Waals surface area (Å²) in [5.41, 5.74) is 5.81. The molecule has 2 aromatic rings. The first-order valence-corrected chi connectivity index (χ1v) is 4.96. The van der Waals surface area contributed by atoms with Gasteiger partial charge in [-0.3, -0.25) is 9.48 Å². The van der Waals surface area contributed by atoms with Gasteiger partial charge in [-0.1, -0.05) is 6.07 Å². The van der Waals surface area contributed by atoms with Crippen molar-refractivity contribution in [2.45, 2.75) is 0 Å². The lowest BCUT2D eigenvalue weighted by Gasteiger charge is -2.08. The molecule has 1 aromatic heterocycles. The summed E-state index contributed by atoms with van der Waals surface area (Å²) in [7, 11) is 1.70. The molecule has 0 aliphatic heterocycles. The zero-order chi connectivity index (χ0) is 12.4. The van der Waals surface area contributed by atoms with Gasteiger partial charge in [-0.2, -0.15) is 5.10 Å². The number of hydrogen-bond acceptors (Lipinski definition) is 4. The van der Waals surface area contributed by atoms with Crippen LogP contribution in [0, 0.1) is 0 Å². The van der Waals surface area contributed by atoms with Crippen molar-refractivity contribution in [3.63, 3.8) is 0 Å². The Hall–Kier alpha value is -2.50. The number of nitrogens with zero attached hydrogens (tertiary/aromatic N) is 2. The quantitative estimate of drug-likeness (QED) is 0.531. The molecule has 0 atom stereocenters. The second-order valence-electron chi connectivity index (χ2n) is 3.54. The number of phenolic OH excluding ortho intramolecular Hbond substituents is 1. The van der Waals surface area contributed by atoms with Crippen LogP contribution in [0.3, 0.4) is 0 Å². The van der Waals surface area contributed by atoms with Crippen molar-refractivity contribution in [1.82, 2.24) is 9.78 Å². The summed E-state index contributed by atoms with van der Waals surface area (Å²) in [6, 6.07) is 6.28. The molecule has 1 aromatic carbocycles. The van der Waals surface area contributed by atoms with Gasteiger partial charge in [0.05, 0.1) is 17.4 Å². The Morgan fingerprint density at radius 3 is 2.88 bits per heavy atom. The molecule has 0 saturated carbocycles. The van der Waals surface area contributed by atoms with Gasteiger partial charge in [-0.25, -0.2) is 0 Å². The summed E-state index contributed by atoms with van der Waals surface area (Å²) in [6.07, 6.45) is 1.56. The Morgan fingerprint density at radius 1 is 1.47 bits per heavy atom. The van der Waals surface area contributed by atoms with Gasteiger partial charge in [0.2, 0.25) is 0 Å². The van der Waals surface area contributed by atoms with Crippen molar-refractivity contribution in [3.8, 4) is 5.75 Å². The van der Waals surface area contributed by atoms with E-state index in [9.17, 15) is 9.90 Å². The van der Waals surface area contributed by atoms with Gasteiger partial charge in [0.15, 0.2) is 5.75 Å². The van der Waals surface area contributed by atoms with E-state index in [0.29, 0.717) is 5.82 Å². The molecule has 6 heteroatoms. The summed E-state index contributed by atoms with van der Waals surface area (Å²) in [5.74, 6) is -0.109. The van der Waals surface area contributed by atoms with E-state index >= 15 is 0 Å². The number of nitrogens with two attached hydrogens (primary N) is 1. The average molecular weight is 232 g/mol. The van der Waals surface area contributed by atoms with Crippen LogP contribution in [0.15, 0.2) is 30.5 Å². The third-order valence-corrected chi connectivity index (χ3v) is 2.37. The highest BCUT2D eigenvalue weighted by molar-refractivity contribution is 6.06. The summed E-state index contributed by atoms with van der Waals surface area (Å²) < 4.78 is 1.52. The fourth-order valence-electron chi connectivity index (χ4n) is 1.42. The second-order valence-corrected chi connectivity index (χ2v) is 3.54. The van der Waals surface area contributed by atoms with Crippen LogP contribution in [0.4, 0.5) is 11.5 Å². The number of rotatable bonds is 2. The summed E-state index contributed by atoms with van der Waals surface area (Å²) in [6.45, 7) is 0. The van der Waals surface area contributed by atoms with E-state index in [-0.39, 0.29) is 17.0 Å². The average Bonchev–Trinajstić information content (AvgIpc) is 2.68. The van der Waals surface area contributed by atoms with Crippen molar-refractivity contribution >= 4 is 17.4 Å². The highest BCUT2D eigenvalue weighted by Gasteiger charge is 2.14. The first-order valence-electron chi connectivity index (χ1n) is 4.96. The van der Waals surface area contributed by atoms with E-state index < -0.39 is 5.91 Å². The number of amides is 1. The van der Waals surface area contributed by atoms with E-state index in [0.717, 1.165) is 0 Å². The second kappa shape index (κ2) is 4.17. The third-order valence-electron chi connectivity index (χ3n) is 2.37. The van der Waals surface area contributed by atoms with Gasteiger partial charge in [0.25, 0.3) is 5.91 Å². The van der Waals surface area contributed by atoms with Crippen molar-refractivity contribution in [1.29, 1.82) is 0 Å². The predicted molar refractivity (Wildman–Crippen MR) is 63.7 cm³/mol. The summed E-state index contributed by atoms with van der Waals surface area (Å²) in [5, 5.41) is 16.2. The first-order chi connectivity index (χ1) is 8.09. The molecule has 0 saturated heterocycles. The highest BCUT2D eigenvalue weighted by Crippen LogP contribution is 2.25. The van der Waals surface area contributed by atoms with Gasteiger partial charge in [0, 0.05) is 13.1 Å². The van der Waals surface area contributed by atoms with E-state index in [1.807, 2.05) is 0 Å². The lowest BCUT2D eigenvalue weighted by Crippen LogP contribution is -2.15. The largest absolute Gasteiger partial charge is 0.505 e. The molecule has 0 aliphatic carbocycles. The van der Waals surface area contributed by atoms with Crippen LogP contribution in [0.5, 0.6) is 5.75 Å². The number of nitrogens with one attached hydrogen (secondary N) is 1. The van der Waals surface area contributed by atoms with Crippen molar-refractivity contribution in [2.24, 2.45) is 7.05 Å². The monoisotopic (exact) mass is 232 g/mol. The Kier molecular flexibility index (Phi) is 2.70. The summed E-state index contributed by atoms with van der Waals surface area (Å²) in [4.78, 5) is 11.9. The molecule has 4 N–H and O–H groups in total. The minimum Gasteiger partial charge on any atom is -0.505 e. The molecule has 6 nitrogen and oxygen atoms in total. The number of aryl methyl sites for hydroxylation is 1. The molecule has 17 heavy (non-hydrogen) atoms. The Labute approximate surface area is 97.7 Å². The number of carbonyl (C=O) groups is 1. The highest BCUT2D eigenvalue weighted by atomic mass is 16.3. The molecule has 0 spiro atoms. The molecule has 0 radical (unpaired) electrons. The fraction of sp³-hybridized carbons (Fsp3) is 0.0909. The van der Waals surface area contributed by atoms with Crippen LogP contribution < -0.4 is 11.1 Å². The zero-order valence-electron chi connectivity index (χ0n) is 9.21. The van der Waals surface area contributed by atoms with Crippen LogP contribution >= 0.6 is 0 Å². The number of aromatic hydroxyl groups is 1. The number of nitrogen functional groups attached to an aromatic ring is 1. The molecule has 2 rings (SSSR count). The number of aromatic nitrogens is 2. The SMILES string of the molecule is Cn1nccc1NC(=O)c1cccc(N)c1O. The Morgan fingerprint density at radius 2 is 2.24 bits per heavy atom. The first kappa shape index (κ1) is 11.0. The molecular formula is C11H12N4O2. The van der Waals surface area contributed by atoms with Gasteiger partial charge in [-0.05, 0) is 12.1 Å². The minimum atomic E-state index is -0.432. The maximum atomic E-state index is 11.9. The number of carbonyl (C=O) groups excluding carboxylic acids is 1. The fourth-order valence-corrected chi connectivity index (χ4v) is 1.42. The standard InChI is InChI=1S/C11H12N4O2/c1-15-9(5-6-13-15)14-11(17)7-3-2-4-8(12)10(7)16/h2-6,16H,12H2,1H3,(H,14,17). The molecule has 0 aliphatic rings. The molecule has 0 bridgehead atoms. The van der Waals surface area contributed by atoms with Crippen LogP contribution in [0.1, 0.15) is 10.4 Å². The lowest BCUT2D eigenvalue weighted by atomic mass is 10.1. The lowest BCUT2D eigenvalue weighted by molar-refractivity contribution is 0.102. The van der Waals surface area contributed by atoms with Gasteiger partial charge in [-0.15, -0.1) is 0 Å². The molecule has 88 valence electrons. The van der Waals surface area contributed by atoms with Crippen molar-refractivity contribution in [2.75, 3.05) is 11.1 Å². The Bertz CT molecular complexity index is 562. The normalized spacial score (nSPS) is 10.2. The number of benzene rings is 1. The third kappa shape index (κ3) is 2.05. The van der Waals surface area contributed by atoms with Crippen molar-refractivity contribution < 1.29 is 9.90 Å². The molecule has 0 fully saturated rings. The van der Waals surface area contributed by atoms with Crippen LogP contribution in [-0.2, 0) is 7.05 Å². The van der Waals surface area contributed by atoms with Crippen LogP contribution in [-0.4, -0.2) is 20.8 Å². The maximum absolute atomic E-state index is 11.9. The molecule has 1 amide bonds. The van der Waals surface area contributed by atoms with E-state index in [1.54, 1.807) is 25.4 Å². The smallest absolute Gasteiger partial charge is 0.260 e. The van der Waals surface area contributed by atoms with E-state index in [4.69, 9.17) is 5.73 Å². The van der Waals surface area contributed by atoms with Crippen LogP contribution in [0.25, 0.3) is 0 Å². The zero-order valence-corrected chi connectivity index (χ0v) is 9.21. The van der Waals surface area contributed by atoms with Crippen molar-refractivity contribution in [3.05, 3.63) is 36.0 Å². The van der Waals surface area contributed by atoms with Gasteiger partial charge < -0.3 is 16.2 Å². The minimum absolute atomic E-state index is 0.131. The topological polar surface area (TPSA) is 93.2 Å². The number of para-hydroxylation sites is 1. The number of hydrogen-bond donors (Lipinski definition) is 3. The van der Waals surface area contributed by atoms with E-state index in [2.05, 4.69) is 10.4 Å². The summed E-state index contributed by atoms with van der Waals surface area (Å²) >= 11 is 0. The van der Waals surface area contributed by atoms with Gasteiger partial charge >= 0.3 is 0 Å². The maximum Gasteiger partial charge on any atom is 0.260 e. The van der Waals surface area contributed by atoms with Crippen LogP contribution in [0.2, 0.25) is 0 Å². The molecular weight excluding hydrogens is 220 g/mol. The number of anilines is 2. The Balaban J connectivity index is 2.27. The molecule has 1 heterocycles. The van der Waals surface area contributed by atoms with Gasteiger partial charge in [0.1, 0.15) is 5.82 Å². The van der Waals surface area contributed by atoms with E-state index in [1.165, 1.54) is 16.8 Å². The number of phenols is 1. The predicted octanol–water partition coefficient (Wildman–Crippen LogP) is 0.960.